The summed E-state index contributed by atoms with van der Waals surface area (Å²) in [5.74, 6) is -0.834. The van der Waals surface area contributed by atoms with E-state index in [-0.39, 0.29) is 35.0 Å². The van der Waals surface area contributed by atoms with E-state index in [2.05, 4.69) is 15.4 Å². The molecule has 2 rings (SSSR count). The van der Waals surface area contributed by atoms with Gasteiger partial charge in [0, 0.05) is 44.9 Å². The highest BCUT2D eigenvalue weighted by molar-refractivity contribution is 7.89. The van der Waals surface area contributed by atoms with E-state index in [1.807, 2.05) is 6.92 Å². The Balaban J connectivity index is 1.88. The van der Waals surface area contributed by atoms with Crippen LogP contribution < -0.4 is 15.4 Å². The maximum Gasteiger partial charge on any atom is 0.269 e. The fraction of sp³-hybridized carbons (Fsp3) is 0.333. The van der Waals surface area contributed by atoms with Gasteiger partial charge in [-0.3, -0.25) is 19.7 Å². The third kappa shape index (κ3) is 8.25. The van der Waals surface area contributed by atoms with E-state index < -0.39 is 20.9 Å². The summed E-state index contributed by atoms with van der Waals surface area (Å²) in [6, 6.07) is 10.9. The number of carbonyl (C=O) groups is 2. The number of hydrogen-bond donors (Lipinski definition) is 3. The normalized spacial score (nSPS) is 11.1. The van der Waals surface area contributed by atoms with Gasteiger partial charge in [-0.25, -0.2) is 13.1 Å². The first-order chi connectivity index (χ1) is 15.7. The third-order valence-corrected chi connectivity index (χ3v) is 5.88. The van der Waals surface area contributed by atoms with E-state index in [9.17, 15) is 28.1 Å². The zero-order valence-corrected chi connectivity index (χ0v) is 18.9. The number of sulfonamides is 1. The summed E-state index contributed by atoms with van der Waals surface area (Å²) < 4.78 is 32.1. The molecule has 0 bridgehead atoms. The summed E-state index contributed by atoms with van der Waals surface area (Å²) in [6.07, 6.45) is 0.472. The fourth-order valence-electron chi connectivity index (χ4n) is 2.75. The number of para-hydroxylation sites is 1. The number of nitrogens with one attached hydrogen (secondary N) is 3. The molecule has 178 valence electrons. The van der Waals surface area contributed by atoms with E-state index >= 15 is 0 Å². The molecule has 0 aromatic heterocycles. The van der Waals surface area contributed by atoms with Gasteiger partial charge in [0.1, 0.15) is 0 Å². The van der Waals surface area contributed by atoms with Crippen LogP contribution >= 0.6 is 0 Å². The van der Waals surface area contributed by atoms with E-state index in [0.717, 1.165) is 24.3 Å². The summed E-state index contributed by atoms with van der Waals surface area (Å²) in [6.45, 7) is 3.25. The molecule has 0 heterocycles. The number of nitro benzene ring substituents is 1. The summed E-state index contributed by atoms with van der Waals surface area (Å²) in [5.41, 5.74) is 0.363. The molecule has 11 nitrogen and oxygen atoms in total. The zero-order chi connectivity index (χ0) is 24.3. The molecule has 2 amide bonds. The van der Waals surface area contributed by atoms with Crippen molar-refractivity contribution in [1.82, 2.24) is 10.0 Å². The van der Waals surface area contributed by atoms with E-state index in [1.165, 1.54) is 0 Å². The number of benzene rings is 2. The van der Waals surface area contributed by atoms with Crippen molar-refractivity contribution in [2.24, 2.45) is 0 Å². The predicted octanol–water partition coefficient (Wildman–Crippen LogP) is 2.06. The first-order valence-corrected chi connectivity index (χ1v) is 11.7. The minimum absolute atomic E-state index is 0.153. The Morgan fingerprint density at radius 3 is 2.42 bits per heavy atom. The molecule has 0 saturated carbocycles. The minimum Gasteiger partial charge on any atom is -0.382 e. The lowest BCUT2D eigenvalue weighted by Gasteiger charge is -2.12. The predicted molar refractivity (Wildman–Crippen MR) is 121 cm³/mol. The molecular formula is C21H26N4O7S. The minimum atomic E-state index is -3.94. The van der Waals surface area contributed by atoms with Gasteiger partial charge in [0.05, 0.1) is 21.1 Å². The average molecular weight is 479 g/mol. The molecular weight excluding hydrogens is 452 g/mol. The summed E-state index contributed by atoms with van der Waals surface area (Å²) in [5, 5.41) is 16.1. The monoisotopic (exact) mass is 478 g/mol. The van der Waals surface area contributed by atoms with Gasteiger partial charge in [0.2, 0.25) is 15.9 Å². The number of rotatable bonds is 13. The van der Waals surface area contributed by atoms with Gasteiger partial charge in [-0.1, -0.05) is 12.1 Å². The first-order valence-electron chi connectivity index (χ1n) is 10.2. The van der Waals surface area contributed by atoms with Crippen molar-refractivity contribution in [1.29, 1.82) is 0 Å². The molecule has 0 radical (unpaired) electrons. The molecule has 0 unspecified atom stereocenters. The van der Waals surface area contributed by atoms with Crippen molar-refractivity contribution in [3.05, 3.63) is 64.2 Å². The van der Waals surface area contributed by atoms with Gasteiger partial charge >= 0.3 is 0 Å². The molecule has 0 aliphatic carbocycles. The smallest absolute Gasteiger partial charge is 0.269 e. The summed E-state index contributed by atoms with van der Waals surface area (Å²) >= 11 is 0. The Morgan fingerprint density at radius 1 is 1.06 bits per heavy atom. The number of hydrogen-bond acceptors (Lipinski definition) is 7. The molecule has 33 heavy (non-hydrogen) atoms. The number of carbonyl (C=O) groups excluding carboxylic acids is 2. The lowest BCUT2D eigenvalue weighted by atomic mass is 10.1. The lowest BCUT2D eigenvalue weighted by Crippen LogP contribution is -2.29. The van der Waals surface area contributed by atoms with Crippen molar-refractivity contribution in [2.45, 2.75) is 24.7 Å². The van der Waals surface area contributed by atoms with Crippen LogP contribution in [0.25, 0.3) is 0 Å². The third-order valence-electron chi connectivity index (χ3n) is 4.40. The van der Waals surface area contributed by atoms with Gasteiger partial charge in [0.25, 0.3) is 11.6 Å². The van der Waals surface area contributed by atoms with Crippen LogP contribution in [0.15, 0.2) is 53.4 Å². The first kappa shape index (κ1) is 25.9. The Bertz CT molecular complexity index is 1070. The van der Waals surface area contributed by atoms with Gasteiger partial charge in [-0.15, -0.1) is 0 Å². The van der Waals surface area contributed by atoms with Crippen molar-refractivity contribution >= 4 is 33.2 Å². The maximum atomic E-state index is 12.4. The van der Waals surface area contributed by atoms with Crippen LogP contribution in [0.3, 0.4) is 0 Å². The van der Waals surface area contributed by atoms with Crippen molar-refractivity contribution in [3.63, 3.8) is 0 Å². The standard InChI is InChI=1S/C21H26N4O7S/c1-2-32-15-5-13-22-21(27)18-6-3-4-7-19(18)24-20(26)12-14-23-33(30,31)17-10-8-16(9-11-17)25(28)29/h3-4,6-11,23H,2,5,12-15H2,1H3,(H,22,27)(H,24,26). The Hall–Kier alpha value is -3.35. The molecule has 2 aromatic rings. The number of nitrogens with zero attached hydrogens (tertiary/aromatic N) is 1. The number of nitro groups is 1. The summed E-state index contributed by atoms with van der Waals surface area (Å²) in [4.78, 5) is 34.6. The second-order valence-electron chi connectivity index (χ2n) is 6.80. The number of amides is 2. The maximum absolute atomic E-state index is 12.4. The SMILES string of the molecule is CCOCCCNC(=O)c1ccccc1NC(=O)CCNS(=O)(=O)c1ccc([N+](=O)[O-])cc1. The van der Waals surface area contributed by atoms with E-state index in [0.29, 0.717) is 31.9 Å². The number of ether oxygens (including phenoxy) is 1. The largest absolute Gasteiger partial charge is 0.382 e. The van der Waals surface area contributed by atoms with Gasteiger partial charge in [-0.2, -0.15) is 0 Å². The Labute approximate surface area is 191 Å². The number of anilines is 1. The average Bonchev–Trinajstić information content (AvgIpc) is 2.79. The fourth-order valence-corrected chi connectivity index (χ4v) is 3.78. The van der Waals surface area contributed by atoms with Crippen LogP contribution in [0.1, 0.15) is 30.1 Å². The Morgan fingerprint density at radius 2 is 1.76 bits per heavy atom. The van der Waals surface area contributed by atoms with Gasteiger partial charge in [-0.05, 0) is 37.6 Å². The van der Waals surface area contributed by atoms with Crippen LogP contribution in [-0.2, 0) is 19.6 Å². The van der Waals surface area contributed by atoms with Gasteiger partial charge < -0.3 is 15.4 Å². The van der Waals surface area contributed by atoms with Crippen molar-refractivity contribution < 1.29 is 27.7 Å². The highest BCUT2D eigenvalue weighted by Crippen LogP contribution is 2.17. The summed E-state index contributed by atoms with van der Waals surface area (Å²) in [7, 11) is -3.94. The molecule has 0 fully saturated rings. The molecule has 12 heteroatoms. The molecule has 0 saturated heterocycles. The van der Waals surface area contributed by atoms with E-state index in [1.54, 1.807) is 24.3 Å². The zero-order valence-electron chi connectivity index (χ0n) is 18.1. The molecule has 0 spiro atoms. The highest BCUT2D eigenvalue weighted by Gasteiger charge is 2.17. The van der Waals surface area contributed by atoms with Crippen LogP contribution in [0, 0.1) is 10.1 Å². The van der Waals surface area contributed by atoms with Crippen LogP contribution in [0.2, 0.25) is 0 Å². The Kier molecular flexibility index (Phi) is 9.91. The van der Waals surface area contributed by atoms with Crippen molar-refractivity contribution in [3.8, 4) is 0 Å². The highest BCUT2D eigenvalue weighted by atomic mass is 32.2. The second-order valence-corrected chi connectivity index (χ2v) is 8.57. The van der Waals surface area contributed by atoms with Gasteiger partial charge in [0.15, 0.2) is 0 Å². The lowest BCUT2D eigenvalue weighted by molar-refractivity contribution is -0.384. The van der Waals surface area contributed by atoms with E-state index in [4.69, 9.17) is 4.74 Å². The molecule has 0 atom stereocenters. The van der Waals surface area contributed by atoms with Crippen LogP contribution in [0.5, 0.6) is 0 Å². The molecule has 0 aliphatic heterocycles. The van der Waals surface area contributed by atoms with Crippen molar-refractivity contribution in [2.75, 3.05) is 31.6 Å². The topological polar surface area (TPSA) is 157 Å². The van der Waals surface area contributed by atoms with Crippen LogP contribution in [0.4, 0.5) is 11.4 Å². The molecule has 0 aliphatic rings. The number of non-ortho nitro benzene ring substituents is 1. The molecule has 2 aromatic carbocycles. The molecule has 3 N–H and O–H groups in total. The van der Waals surface area contributed by atoms with Crippen LogP contribution in [-0.4, -0.2) is 51.5 Å². The second kappa shape index (κ2) is 12.6. The quantitative estimate of drug-likeness (QED) is 0.226.